The zero-order valence-corrected chi connectivity index (χ0v) is 19.9. The Balaban J connectivity index is 1.22. The van der Waals surface area contributed by atoms with E-state index in [1.807, 2.05) is 6.07 Å². The Bertz CT molecular complexity index is 1310. The fraction of sp³-hybridized carbons (Fsp3) is 0.444. The standard InChI is InChI=1S/C27H26F3N3O4/c28-27(29,30)21-5-2-1-4-19(21)24-20(25(37-32-24)15-8-9-15)14-36-18-12-16-10-11-17(13-18)33(16)23-7-3-6-22(31-23)26(34)35/h1-7,15-18H,8-14H2,(H,34,35)/t16-,17+,18?. The predicted octanol–water partition coefficient (Wildman–Crippen LogP) is 6.05. The monoisotopic (exact) mass is 513 g/mol. The molecule has 3 fully saturated rings. The molecule has 6 rings (SSSR count). The van der Waals surface area contributed by atoms with Gasteiger partial charge in [-0.2, -0.15) is 13.2 Å². The molecule has 2 saturated heterocycles. The minimum atomic E-state index is -4.51. The number of piperidine rings is 1. The summed E-state index contributed by atoms with van der Waals surface area (Å²) in [7, 11) is 0. The second-order valence-corrected chi connectivity index (χ2v) is 10.1. The Morgan fingerprint density at radius 1 is 1.05 bits per heavy atom. The van der Waals surface area contributed by atoms with Crippen molar-refractivity contribution in [3.8, 4) is 11.3 Å². The number of fused-ring (bicyclic) bond motifs is 2. The minimum absolute atomic E-state index is 0.00326. The lowest BCUT2D eigenvalue weighted by molar-refractivity contribution is -0.137. The topological polar surface area (TPSA) is 88.7 Å². The van der Waals surface area contributed by atoms with Crippen LogP contribution in [0.5, 0.6) is 0 Å². The van der Waals surface area contributed by atoms with Gasteiger partial charge in [-0.15, -0.1) is 0 Å². The van der Waals surface area contributed by atoms with Gasteiger partial charge < -0.3 is 19.3 Å². The number of nitrogens with zero attached hydrogens (tertiary/aromatic N) is 3. The third-order valence-electron chi connectivity index (χ3n) is 7.63. The van der Waals surface area contributed by atoms with Gasteiger partial charge in [0.25, 0.3) is 0 Å². The van der Waals surface area contributed by atoms with E-state index in [1.54, 1.807) is 12.1 Å². The van der Waals surface area contributed by atoms with Crippen LogP contribution in [0, 0.1) is 0 Å². The van der Waals surface area contributed by atoms with E-state index in [0.29, 0.717) is 17.1 Å². The molecule has 1 aromatic carbocycles. The van der Waals surface area contributed by atoms with E-state index in [0.717, 1.165) is 44.6 Å². The molecule has 1 saturated carbocycles. The first-order chi connectivity index (χ1) is 17.8. The first kappa shape index (κ1) is 24.0. The van der Waals surface area contributed by atoms with Gasteiger partial charge in [-0.1, -0.05) is 29.4 Å². The molecule has 2 aromatic heterocycles. The molecule has 7 nitrogen and oxygen atoms in total. The number of halogens is 3. The van der Waals surface area contributed by atoms with Crippen molar-refractivity contribution < 1.29 is 32.3 Å². The highest BCUT2D eigenvalue weighted by molar-refractivity contribution is 5.85. The molecular formula is C27H26F3N3O4. The zero-order chi connectivity index (χ0) is 25.7. The van der Waals surface area contributed by atoms with Crippen LogP contribution in [-0.4, -0.2) is 39.4 Å². The van der Waals surface area contributed by atoms with Crippen molar-refractivity contribution in [3.63, 3.8) is 0 Å². The van der Waals surface area contributed by atoms with Crippen LogP contribution in [0.2, 0.25) is 0 Å². The van der Waals surface area contributed by atoms with Crippen molar-refractivity contribution in [2.24, 2.45) is 0 Å². The fourth-order valence-electron chi connectivity index (χ4n) is 5.80. The molecule has 3 atom stereocenters. The molecule has 0 amide bonds. The van der Waals surface area contributed by atoms with Crippen LogP contribution in [-0.2, 0) is 17.5 Å². The van der Waals surface area contributed by atoms with Crippen molar-refractivity contribution in [1.29, 1.82) is 0 Å². The summed E-state index contributed by atoms with van der Waals surface area (Å²) in [6.45, 7) is 0.133. The SMILES string of the molecule is O=C(O)c1cccc(N2[C@@H]3CC[C@H]2CC(OCc2c(-c4ccccc4C(F)(F)F)noc2C2CC2)C3)n1. The molecular weight excluding hydrogens is 487 g/mol. The van der Waals surface area contributed by atoms with Crippen LogP contribution >= 0.6 is 0 Å². The molecule has 1 aliphatic carbocycles. The van der Waals surface area contributed by atoms with Crippen LogP contribution in [0.4, 0.5) is 19.0 Å². The lowest BCUT2D eigenvalue weighted by atomic mass is 9.98. The van der Waals surface area contributed by atoms with Gasteiger partial charge in [-0.05, 0) is 56.7 Å². The number of ether oxygens (including phenoxy) is 1. The summed E-state index contributed by atoms with van der Waals surface area (Å²) in [4.78, 5) is 17.9. The molecule has 0 spiro atoms. The van der Waals surface area contributed by atoms with E-state index in [4.69, 9.17) is 9.26 Å². The number of alkyl halides is 3. The molecule has 4 heterocycles. The maximum absolute atomic E-state index is 13.7. The van der Waals surface area contributed by atoms with Gasteiger partial charge in [0, 0.05) is 29.1 Å². The molecule has 0 radical (unpaired) electrons. The highest BCUT2D eigenvalue weighted by atomic mass is 19.4. The van der Waals surface area contributed by atoms with Crippen LogP contribution < -0.4 is 4.90 Å². The smallest absolute Gasteiger partial charge is 0.417 e. The summed E-state index contributed by atoms with van der Waals surface area (Å²) in [6, 6.07) is 10.8. The van der Waals surface area contributed by atoms with E-state index in [-0.39, 0.29) is 47.7 Å². The molecule has 2 aliphatic heterocycles. The summed E-state index contributed by atoms with van der Waals surface area (Å²) >= 11 is 0. The second kappa shape index (κ2) is 9.16. The molecule has 1 unspecified atom stereocenters. The van der Waals surface area contributed by atoms with E-state index in [1.165, 1.54) is 18.2 Å². The zero-order valence-electron chi connectivity index (χ0n) is 19.9. The van der Waals surface area contributed by atoms with Crippen LogP contribution in [0.15, 0.2) is 47.0 Å². The van der Waals surface area contributed by atoms with Crippen molar-refractivity contribution in [3.05, 3.63) is 65.0 Å². The summed E-state index contributed by atoms with van der Waals surface area (Å²) in [5, 5.41) is 13.4. The van der Waals surface area contributed by atoms with Crippen molar-refractivity contribution in [2.75, 3.05) is 4.90 Å². The molecule has 2 bridgehead atoms. The molecule has 194 valence electrons. The number of benzene rings is 1. The lowest BCUT2D eigenvalue weighted by Gasteiger charge is -2.39. The normalized spacial score (nSPS) is 23.4. The highest BCUT2D eigenvalue weighted by Gasteiger charge is 2.43. The van der Waals surface area contributed by atoms with Crippen molar-refractivity contribution in [2.45, 2.75) is 75.4 Å². The van der Waals surface area contributed by atoms with E-state index >= 15 is 0 Å². The Morgan fingerprint density at radius 2 is 1.78 bits per heavy atom. The van der Waals surface area contributed by atoms with Gasteiger partial charge in [0.15, 0.2) is 5.69 Å². The van der Waals surface area contributed by atoms with Gasteiger partial charge in [0.1, 0.15) is 17.3 Å². The third-order valence-corrected chi connectivity index (χ3v) is 7.63. The average Bonchev–Trinajstić information content (AvgIpc) is 3.58. The predicted molar refractivity (Wildman–Crippen MR) is 127 cm³/mol. The number of carboxylic acid groups (broad SMARTS) is 1. The number of carboxylic acids is 1. The average molecular weight is 514 g/mol. The number of rotatable bonds is 7. The molecule has 10 heteroatoms. The summed E-state index contributed by atoms with van der Waals surface area (Å²) in [5.74, 6) is 0.396. The Kier molecular flexibility index (Phi) is 5.94. The maximum Gasteiger partial charge on any atom is 0.417 e. The number of anilines is 1. The van der Waals surface area contributed by atoms with E-state index < -0.39 is 17.7 Å². The lowest BCUT2D eigenvalue weighted by Crippen LogP contribution is -2.46. The van der Waals surface area contributed by atoms with Gasteiger partial charge in [0.2, 0.25) is 0 Å². The summed E-state index contributed by atoms with van der Waals surface area (Å²) in [6.07, 6.45) is 0.626. The minimum Gasteiger partial charge on any atom is -0.477 e. The van der Waals surface area contributed by atoms with Crippen LogP contribution in [0.3, 0.4) is 0 Å². The van der Waals surface area contributed by atoms with Gasteiger partial charge in [-0.25, -0.2) is 9.78 Å². The van der Waals surface area contributed by atoms with Gasteiger partial charge in [0.05, 0.1) is 18.3 Å². The third kappa shape index (κ3) is 4.58. The largest absolute Gasteiger partial charge is 0.477 e. The Hall–Kier alpha value is -3.40. The number of carbonyl (C=O) groups is 1. The number of aromatic carboxylic acids is 1. The molecule has 37 heavy (non-hydrogen) atoms. The maximum atomic E-state index is 13.7. The van der Waals surface area contributed by atoms with E-state index in [9.17, 15) is 23.1 Å². The number of hydrogen-bond acceptors (Lipinski definition) is 6. The quantitative estimate of drug-likeness (QED) is 0.412. The summed E-state index contributed by atoms with van der Waals surface area (Å²) in [5.41, 5.74) is 0.0783. The van der Waals surface area contributed by atoms with Crippen molar-refractivity contribution in [1.82, 2.24) is 10.1 Å². The number of aromatic nitrogens is 2. The Labute approximate surface area is 211 Å². The fourth-order valence-corrected chi connectivity index (χ4v) is 5.80. The van der Waals surface area contributed by atoms with Crippen molar-refractivity contribution >= 4 is 11.8 Å². The number of pyridine rings is 1. The second-order valence-electron chi connectivity index (χ2n) is 10.1. The highest BCUT2D eigenvalue weighted by Crippen LogP contribution is 2.46. The van der Waals surface area contributed by atoms with Gasteiger partial charge in [-0.3, -0.25) is 0 Å². The van der Waals surface area contributed by atoms with Gasteiger partial charge >= 0.3 is 12.1 Å². The van der Waals surface area contributed by atoms with Crippen LogP contribution in [0.1, 0.15) is 71.8 Å². The number of hydrogen-bond donors (Lipinski definition) is 1. The molecule has 1 N–H and O–H groups in total. The van der Waals surface area contributed by atoms with Crippen LogP contribution in [0.25, 0.3) is 11.3 Å². The first-order valence-corrected chi connectivity index (χ1v) is 12.5. The van der Waals surface area contributed by atoms with E-state index in [2.05, 4.69) is 15.0 Å². The summed E-state index contributed by atoms with van der Waals surface area (Å²) < 4.78 is 53.1. The molecule has 3 aromatic rings. The Morgan fingerprint density at radius 3 is 2.46 bits per heavy atom. The molecule has 3 aliphatic rings. The first-order valence-electron chi connectivity index (χ1n) is 12.5.